The zero-order valence-electron chi connectivity index (χ0n) is 12.2. The van der Waals surface area contributed by atoms with Crippen LogP contribution >= 0.6 is 0 Å². The second-order valence-corrected chi connectivity index (χ2v) is 4.58. The fourth-order valence-electron chi connectivity index (χ4n) is 1.69. The van der Waals surface area contributed by atoms with Crippen molar-refractivity contribution in [2.45, 2.75) is 25.7 Å². The van der Waals surface area contributed by atoms with Crippen molar-refractivity contribution in [3.8, 4) is 11.3 Å². The zero-order valence-corrected chi connectivity index (χ0v) is 12.2. The lowest BCUT2D eigenvalue weighted by atomic mass is 10.1. The number of hydrogen-bond donors (Lipinski definition) is 2. The molecule has 0 aliphatic rings. The SMILES string of the molecule is O=C(O)CCCCC(=O)O.c1ccc(-c2ccccn2)cc1. The van der Waals surface area contributed by atoms with Gasteiger partial charge in [-0.05, 0) is 25.0 Å². The molecular formula is C17H19NO4. The minimum Gasteiger partial charge on any atom is -0.481 e. The fourth-order valence-corrected chi connectivity index (χ4v) is 1.69. The maximum atomic E-state index is 9.90. The van der Waals surface area contributed by atoms with Crippen LogP contribution in [0.25, 0.3) is 11.3 Å². The maximum Gasteiger partial charge on any atom is 0.303 e. The van der Waals surface area contributed by atoms with Gasteiger partial charge in [-0.25, -0.2) is 0 Å². The van der Waals surface area contributed by atoms with Gasteiger partial charge in [-0.1, -0.05) is 36.4 Å². The molecule has 0 fully saturated rings. The maximum absolute atomic E-state index is 9.90. The number of aromatic nitrogens is 1. The van der Waals surface area contributed by atoms with E-state index in [1.807, 2.05) is 42.6 Å². The fraction of sp³-hybridized carbons (Fsp3) is 0.235. The number of carboxylic acids is 2. The van der Waals surface area contributed by atoms with E-state index in [0.29, 0.717) is 12.8 Å². The molecule has 0 amide bonds. The molecule has 5 nitrogen and oxygen atoms in total. The molecule has 0 saturated heterocycles. The first-order valence-electron chi connectivity index (χ1n) is 6.99. The van der Waals surface area contributed by atoms with Crippen LogP contribution in [0.15, 0.2) is 54.7 Å². The summed E-state index contributed by atoms with van der Waals surface area (Å²) in [6, 6.07) is 16.1. The van der Waals surface area contributed by atoms with Gasteiger partial charge < -0.3 is 10.2 Å². The van der Waals surface area contributed by atoms with Crippen molar-refractivity contribution in [1.82, 2.24) is 4.98 Å². The van der Waals surface area contributed by atoms with Crippen LogP contribution in [0.3, 0.4) is 0 Å². The van der Waals surface area contributed by atoms with Gasteiger partial charge in [0.05, 0.1) is 5.69 Å². The number of pyridine rings is 1. The first-order chi connectivity index (χ1) is 10.6. The average molecular weight is 301 g/mol. The monoisotopic (exact) mass is 301 g/mol. The highest BCUT2D eigenvalue weighted by Crippen LogP contribution is 2.14. The molecule has 0 unspecified atom stereocenters. The molecule has 2 aromatic rings. The van der Waals surface area contributed by atoms with Gasteiger partial charge in [-0.3, -0.25) is 14.6 Å². The molecule has 0 spiro atoms. The molecule has 0 atom stereocenters. The Morgan fingerprint density at radius 2 is 1.36 bits per heavy atom. The number of benzene rings is 1. The van der Waals surface area contributed by atoms with Gasteiger partial charge in [-0.15, -0.1) is 0 Å². The molecule has 2 rings (SSSR count). The molecule has 0 bridgehead atoms. The first kappa shape index (κ1) is 17.4. The molecule has 22 heavy (non-hydrogen) atoms. The summed E-state index contributed by atoms with van der Waals surface area (Å²) in [6.45, 7) is 0. The lowest BCUT2D eigenvalue weighted by Gasteiger charge is -1.97. The summed E-state index contributed by atoms with van der Waals surface area (Å²) in [4.78, 5) is 24.0. The van der Waals surface area contributed by atoms with Gasteiger partial charge in [-0.2, -0.15) is 0 Å². The van der Waals surface area contributed by atoms with E-state index >= 15 is 0 Å². The Morgan fingerprint density at radius 1 is 0.818 bits per heavy atom. The topological polar surface area (TPSA) is 87.5 Å². The number of nitrogens with zero attached hydrogens (tertiary/aromatic N) is 1. The van der Waals surface area contributed by atoms with E-state index in [1.54, 1.807) is 0 Å². The van der Waals surface area contributed by atoms with Gasteiger partial charge in [0.15, 0.2) is 0 Å². The molecule has 1 aromatic carbocycles. The summed E-state index contributed by atoms with van der Waals surface area (Å²) >= 11 is 0. The molecule has 116 valence electrons. The van der Waals surface area contributed by atoms with Crippen LogP contribution in [0.5, 0.6) is 0 Å². The molecule has 0 saturated carbocycles. The van der Waals surface area contributed by atoms with Crippen LogP contribution in [0, 0.1) is 0 Å². The van der Waals surface area contributed by atoms with Crippen LogP contribution in [0.1, 0.15) is 25.7 Å². The van der Waals surface area contributed by atoms with E-state index in [9.17, 15) is 9.59 Å². The largest absolute Gasteiger partial charge is 0.481 e. The second kappa shape index (κ2) is 10.1. The minimum absolute atomic E-state index is 0.0628. The number of unbranched alkanes of at least 4 members (excludes halogenated alkanes) is 1. The van der Waals surface area contributed by atoms with E-state index in [-0.39, 0.29) is 12.8 Å². The zero-order chi connectivity index (χ0) is 16.2. The predicted molar refractivity (Wildman–Crippen MR) is 83.4 cm³/mol. The van der Waals surface area contributed by atoms with Crippen LogP contribution < -0.4 is 0 Å². The van der Waals surface area contributed by atoms with Crippen molar-refractivity contribution >= 4 is 11.9 Å². The molecule has 0 radical (unpaired) electrons. The predicted octanol–water partition coefficient (Wildman–Crippen LogP) is 3.46. The highest BCUT2D eigenvalue weighted by molar-refractivity contribution is 5.67. The summed E-state index contributed by atoms with van der Waals surface area (Å²) in [5.41, 5.74) is 2.19. The second-order valence-electron chi connectivity index (χ2n) is 4.58. The molecular weight excluding hydrogens is 282 g/mol. The highest BCUT2D eigenvalue weighted by atomic mass is 16.4. The lowest BCUT2D eigenvalue weighted by molar-refractivity contribution is -0.139. The summed E-state index contributed by atoms with van der Waals surface area (Å²) in [6.07, 6.45) is 2.83. The van der Waals surface area contributed by atoms with Gasteiger partial charge in [0.2, 0.25) is 0 Å². The van der Waals surface area contributed by atoms with Gasteiger partial charge in [0.25, 0.3) is 0 Å². The molecule has 5 heteroatoms. The molecule has 2 N–H and O–H groups in total. The van der Waals surface area contributed by atoms with Gasteiger partial charge in [0.1, 0.15) is 0 Å². The normalized spacial score (nSPS) is 9.45. The Bertz CT molecular complexity index is 516. The smallest absolute Gasteiger partial charge is 0.303 e. The Labute approximate surface area is 129 Å². The van der Waals surface area contributed by atoms with E-state index < -0.39 is 11.9 Å². The van der Waals surface area contributed by atoms with Crippen LogP contribution in [-0.4, -0.2) is 27.1 Å². The van der Waals surface area contributed by atoms with Crippen LogP contribution in [0.4, 0.5) is 0 Å². The Kier molecular flexibility index (Phi) is 7.97. The van der Waals surface area contributed by atoms with E-state index in [2.05, 4.69) is 17.1 Å². The number of rotatable bonds is 6. The van der Waals surface area contributed by atoms with Crippen LogP contribution in [0.2, 0.25) is 0 Å². The molecule has 0 aliphatic heterocycles. The molecule has 1 aromatic heterocycles. The molecule has 0 aliphatic carbocycles. The number of aliphatic carboxylic acids is 2. The van der Waals surface area contributed by atoms with Crippen LogP contribution in [-0.2, 0) is 9.59 Å². The third-order valence-electron chi connectivity index (χ3n) is 2.77. The van der Waals surface area contributed by atoms with Gasteiger partial charge >= 0.3 is 11.9 Å². The molecule has 1 heterocycles. The lowest BCUT2D eigenvalue weighted by Crippen LogP contribution is -1.97. The number of carboxylic acid groups (broad SMARTS) is 2. The quantitative estimate of drug-likeness (QED) is 0.798. The summed E-state index contributed by atoms with van der Waals surface area (Å²) < 4.78 is 0. The van der Waals surface area contributed by atoms with E-state index in [1.165, 1.54) is 0 Å². The number of hydrogen-bond acceptors (Lipinski definition) is 3. The first-order valence-corrected chi connectivity index (χ1v) is 6.99. The Hall–Kier alpha value is -2.69. The van der Waals surface area contributed by atoms with Crippen molar-refractivity contribution in [1.29, 1.82) is 0 Å². The minimum atomic E-state index is -0.870. The van der Waals surface area contributed by atoms with Crippen molar-refractivity contribution in [3.63, 3.8) is 0 Å². The Morgan fingerprint density at radius 3 is 1.82 bits per heavy atom. The number of carbonyl (C=O) groups is 2. The van der Waals surface area contributed by atoms with E-state index in [0.717, 1.165) is 11.3 Å². The van der Waals surface area contributed by atoms with E-state index in [4.69, 9.17) is 10.2 Å². The van der Waals surface area contributed by atoms with Crippen molar-refractivity contribution in [2.24, 2.45) is 0 Å². The summed E-state index contributed by atoms with van der Waals surface area (Å²) in [5.74, 6) is -1.74. The van der Waals surface area contributed by atoms with Crippen molar-refractivity contribution in [3.05, 3.63) is 54.7 Å². The highest BCUT2D eigenvalue weighted by Gasteiger charge is 1.99. The van der Waals surface area contributed by atoms with Crippen molar-refractivity contribution in [2.75, 3.05) is 0 Å². The third kappa shape index (κ3) is 7.79. The van der Waals surface area contributed by atoms with Gasteiger partial charge in [0, 0.05) is 24.6 Å². The van der Waals surface area contributed by atoms with Crippen molar-refractivity contribution < 1.29 is 19.8 Å². The average Bonchev–Trinajstić information content (AvgIpc) is 2.54. The Balaban J connectivity index is 0.000000225. The standard InChI is InChI=1S/C11H9N.C6H10O4/c1-2-6-10(7-3-1)11-8-4-5-9-12-11;7-5(8)3-1-2-4-6(9)10/h1-9H;1-4H2,(H,7,8)(H,9,10). The summed E-state index contributed by atoms with van der Waals surface area (Å²) in [7, 11) is 0. The third-order valence-corrected chi connectivity index (χ3v) is 2.77. The summed E-state index contributed by atoms with van der Waals surface area (Å²) in [5, 5.41) is 16.3.